The third kappa shape index (κ3) is 2.84. The van der Waals surface area contributed by atoms with Crippen molar-refractivity contribution in [3.8, 4) is 0 Å². The van der Waals surface area contributed by atoms with E-state index in [2.05, 4.69) is 11.9 Å². The number of hydrogen-bond acceptors (Lipinski definition) is 4. The molecule has 1 aromatic heterocycles. The zero-order chi connectivity index (χ0) is 17.7. The van der Waals surface area contributed by atoms with Crippen LogP contribution in [-0.4, -0.2) is 48.5 Å². The normalized spacial score (nSPS) is 18.8. The summed E-state index contributed by atoms with van der Waals surface area (Å²) in [6.45, 7) is 4.68. The Labute approximate surface area is 145 Å². The molecule has 0 unspecified atom stereocenters. The fourth-order valence-electron chi connectivity index (χ4n) is 3.55. The van der Waals surface area contributed by atoms with E-state index in [-0.39, 0.29) is 16.8 Å². The summed E-state index contributed by atoms with van der Waals surface area (Å²) in [4.78, 5) is 28.7. The third-order valence-corrected chi connectivity index (χ3v) is 5.26. The number of aromatic nitrogens is 1. The van der Waals surface area contributed by atoms with Crippen LogP contribution in [0, 0.1) is 5.82 Å². The van der Waals surface area contributed by atoms with Crippen molar-refractivity contribution >= 4 is 22.4 Å². The van der Waals surface area contributed by atoms with Crippen molar-refractivity contribution < 1.29 is 9.18 Å². The molecule has 4 rings (SSSR count). The number of hydrogen-bond donors (Lipinski definition) is 0. The van der Waals surface area contributed by atoms with E-state index in [9.17, 15) is 14.0 Å². The fraction of sp³-hybridized carbons (Fsp3) is 0.474. The number of halogens is 1. The first kappa shape index (κ1) is 16.3. The second-order valence-electron chi connectivity index (χ2n) is 7.18. The molecule has 2 aromatic rings. The molecule has 1 aliphatic heterocycles. The highest BCUT2D eigenvalue weighted by molar-refractivity contribution is 5.97. The number of pyridine rings is 1. The van der Waals surface area contributed by atoms with Gasteiger partial charge in [0.15, 0.2) is 11.2 Å². The van der Waals surface area contributed by atoms with Crippen LogP contribution in [0.4, 0.5) is 10.1 Å². The fourth-order valence-corrected chi connectivity index (χ4v) is 3.55. The second kappa shape index (κ2) is 5.95. The lowest BCUT2D eigenvalue weighted by molar-refractivity contribution is 0.101. The van der Waals surface area contributed by atoms with Crippen LogP contribution in [0.1, 0.15) is 36.2 Å². The summed E-state index contributed by atoms with van der Waals surface area (Å²) in [6, 6.07) is 3.41. The average Bonchev–Trinajstić information content (AvgIpc) is 3.41. The molecule has 5 nitrogen and oxygen atoms in total. The molecule has 2 aliphatic rings. The highest BCUT2D eigenvalue weighted by Gasteiger charge is 2.27. The monoisotopic (exact) mass is 343 g/mol. The Morgan fingerprint density at radius 2 is 1.84 bits per heavy atom. The van der Waals surface area contributed by atoms with Crippen molar-refractivity contribution in [2.24, 2.45) is 0 Å². The van der Waals surface area contributed by atoms with Crippen LogP contribution in [0.15, 0.2) is 23.1 Å². The standard InChI is InChI=1S/C19H22FN3O2/c1-12(24)15-11-23(13-3-4-13)17-10-18(16(20)9-14(17)19(15)25)22-7-5-21(2)6-8-22/h9-11,13H,3-8H2,1-2H3. The first-order valence-corrected chi connectivity index (χ1v) is 8.78. The van der Waals surface area contributed by atoms with Crippen molar-refractivity contribution in [3.05, 3.63) is 39.9 Å². The molecule has 1 saturated carbocycles. The highest BCUT2D eigenvalue weighted by Crippen LogP contribution is 2.38. The summed E-state index contributed by atoms with van der Waals surface area (Å²) in [5.41, 5.74) is 1.05. The van der Waals surface area contributed by atoms with Crippen LogP contribution in [0.2, 0.25) is 0 Å². The highest BCUT2D eigenvalue weighted by atomic mass is 19.1. The van der Waals surface area contributed by atoms with Crippen LogP contribution in [0.3, 0.4) is 0 Å². The molecule has 1 aliphatic carbocycles. The molecular formula is C19H22FN3O2. The zero-order valence-electron chi connectivity index (χ0n) is 14.6. The van der Waals surface area contributed by atoms with Gasteiger partial charge in [-0.2, -0.15) is 0 Å². The molecule has 0 spiro atoms. The summed E-state index contributed by atoms with van der Waals surface area (Å²) >= 11 is 0. The number of piperazine rings is 1. The molecule has 1 aromatic carbocycles. The molecule has 2 heterocycles. The van der Waals surface area contributed by atoms with E-state index in [4.69, 9.17) is 0 Å². The lowest BCUT2D eigenvalue weighted by Gasteiger charge is -2.34. The second-order valence-corrected chi connectivity index (χ2v) is 7.18. The van der Waals surface area contributed by atoms with Gasteiger partial charge >= 0.3 is 0 Å². The molecule has 0 atom stereocenters. The molecule has 0 N–H and O–H groups in total. The Bertz CT molecular complexity index is 909. The van der Waals surface area contributed by atoms with E-state index in [1.807, 2.05) is 9.47 Å². The Hall–Kier alpha value is -2.21. The topological polar surface area (TPSA) is 45.6 Å². The van der Waals surface area contributed by atoms with Gasteiger partial charge in [0.2, 0.25) is 0 Å². The van der Waals surface area contributed by atoms with E-state index in [0.29, 0.717) is 17.1 Å². The predicted molar refractivity (Wildman–Crippen MR) is 96.2 cm³/mol. The molecule has 0 radical (unpaired) electrons. The summed E-state index contributed by atoms with van der Waals surface area (Å²) in [6.07, 6.45) is 3.71. The van der Waals surface area contributed by atoms with E-state index in [1.165, 1.54) is 13.0 Å². The maximum Gasteiger partial charge on any atom is 0.200 e. The van der Waals surface area contributed by atoms with Gasteiger partial charge in [-0.3, -0.25) is 9.59 Å². The number of nitrogens with zero attached hydrogens (tertiary/aromatic N) is 3. The molecule has 0 amide bonds. The van der Waals surface area contributed by atoms with E-state index in [0.717, 1.165) is 44.5 Å². The number of likely N-dealkylation sites (N-methyl/N-ethyl adjacent to an activating group) is 1. The van der Waals surface area contributed by atoms with Crippen molar-refractivity contribution in [3.63, 3.8) is 0 Å². The minimum absolute atomic E-state index is 0.145. The van der Waals surface area contributed by atoms with E-state index in [1.54, 1.807) is 12.3 Å². The van der Waals surface area contributed by atoms with Gasteiger partial charge in [0.25, 0.3) is 0 Å². The van der Waals surface area contributed by atoms with E-state index >= 15 is 0 Å². The SMILES string of the molecule is CC(=O)c1cn(C2CC2)c2cc(N3CCN(C)CC3)c(F)cc2c1=O. The molecular weight excluding hydrogens is 321 g/mol. The number of carbonyl (C=O) groups is 1. The van der Waals surface area contributed by atoms with Gasteiger partial charge in [-0.15, -0.1) is 0 Å². The molecule has 6 heteroatoms. The Kier molecular flexibility index (Phi) is 3.87. The van der Waals surface area contributed by atoms with Crippen molar-refractivity contribution in [2.45, 2.75) is 25.8 Å². The number of Topliss-reactive ketones (excluding diaryl/α,β-unsaturated/α-hetero) is 1. The molecule has 132 valence electrons. The number of carbonyl (C=O) groups excluding carboxylic acids is 1. The summed E-state index contributed by atoms with van der Waals surface area (Å²) in [7, 11) is 2.06. The number of fused-ring (bicyclic) bond motifs is 1. The van der Waals surface area contributed by atoms with Gasteiger partial charge < -0.3 is 14.4 Å². The largest absolute Gasteiger partial charge is 0.367 e. The quantitative estimate of drug-likeness (QED) is 0.803. The van der Waals surface area contributed by atoms with Crippen LogP contribution < -0.4 is 10.3 Å². The zero-order valence-corrected chi connectivity index (χ0v) is 14.6. The first-order chi connectivity index (χ1) is 12.0. The lowest BCUT2D eigenvalue weighted by atomic mass is 10.1. The van der Waals surface area contributed by atoms with E-state index < -0.39 is 5.82 Å². The van der Waals surface area contributed by atoms with Crippen molar-refractivity contribution in [1.29, 1.82) is 0 Å². The molecule has 25 heavy (non-hydrogen) atoms. The van der Waals surface area contributed by atoms with Crippen LogP contribution in [0.5, 0.6) is 0 Å². The van der Waals surface area contributed by atoms with Gasteiger partial charge in [0, 0.05) is 43.8 Å². The number of ketones is 1. The summed E-state index contributed by atoms with van der Waals surface area (Å²) < 4.78 is 16.8. The maximum absolute atomic E-state index is 14.8. The Morgan fingerprint density at radius 3 is 2.44 bits per heavy atom. The van der Waals surface area contributed by atoms with Gasteiger partial charge in [-0.25, -0.2) is 4.39 Å². The minimum Gasteiger partial charge on any atom is -0.367 e. The third-order valence-electron chi connectivity index (χ3n) is 5.26. The Balaban J connectivity index is 1.90. The van der Waals surface area contributed by atoms with Gasteiger partial charge in [0.05, 0.1) is 16.8 Å². The Morgan fingerprint density at radius 1 is 1.16 bits per heavy atom. The molecule has 2 fully saturated rings. The van der Waals surface area contributed by atoms with Crippen LogP contribution in [-0.2, 0) is 0 Å². The van der Waals surface area contributed by atoms with Crippen LogP contribution in [0.25, 0.3) is 10.9 Å². The van der Waals surface area contributed by atoms with Crippen molar-refractivity contribution in [2.75, 3.05) is 38.1 Å². The average molecular weight is 343 g/mol. The predicted octanol–water partition coefficient (Wildman–Crippen LogP) is 2.43. The van der Waals surface area contributed by atoms with Crippen LogP contribution >= 0.6 is 0 Å². The minimum atomic E-state index is -0.391. The number of rotatable bonds is 3. The summed E-state index contributed by atoms with van der Waals surface area (Å²) in [5, 5.41) is 0.301. The van der Waals surface area contributed by atoms with Gasteiger partial charge in [-0.05, 0) is 38.9 Å². The van der Waals surface area contributed by atoms with Gasteiger partial charge in [-0.1, -0.05) is 0 Å². The smallest absolute Gasteiger partial charge is 0.200 e. The molecule has 0 bridgehead atoms. The number of benzene rings is 1. The maximum atomic E-state index is 14.8. The first-order valence-electron chi connectivity index (χ1n) is 8.78. The lowest BCUT2D eigenvalue weighted by Crippen LogP contribution is -2.44. The number of anilines is 1. The summed E-state index contributed by atoms with van der Waals surface area (Å²) in [5.74, 6) is -0.665. The van der Waals surface area contributed by atoms with Crippen molar-refractivity contribution in [1.82, 2.24) is 9.47 Å². The van der Waals surface area contributed by atoms with Gasteiger partial charge in [0.1, 0.15) is 5.82 Å². The molecule has 1 saturated heterocycles.